The van der Waals surface area contributed by atoms with Crippen LogP contribution in [-0.2, 0) is 15.9 Å². The second-order valence-corrected chi connectivity index (χ2v) is 7.35. The lowest BCUT2D eigenvalue weighted by atomic mass is 10.1. The van der Waals surface area contributed by atoms with E-state index in [2.05, 4.69) is 29.0 Å². The van der Waals surface area contributed by atoms with Gasteiger partial charge in [0.2, 0.25) is 0 Å². The zero-order valence-corrected chi connectivity index (χ0v) is 20.8. The number of piperazine rings is 1. The van der Waals surface area contributed by atoms with Gasteiger partial charge in [-0.2, -0.15) is 0 Å². The Labute approximate surface area is 193 Å². The highest BCUT2D eigenvalue weighted by Gasteiger charge is 2.30. The van der Waals surface area contributed by atoms with Gasteiger partial charge in [-0.25, -0.2) is 0 Å². The number of aliphatic imine (C=N–C) groups is 1. The van der Waals surface area contributed by atoms with E-state index in [1.165, 1.54) is 0 Å². The summed E-state index contributed by atoms with van der Waals surface area (Å²) in [6.07, 6.45) is 3.51. The first kappa shape index (κ1) is 26.2. The van der Waals surface area contributed by atoms with Crippen LogP contribution >= 0.6 is 24.0 Å². The number of nitrogens with one attached hydrogen (secondary N) is 1. The number of hydrogen-bond donors (Lipinski definition) is 1. The summed E-state index contributed by atoms with van der Waals surface area (Å²) in [7, 11) is 1.77. The first-order valence-corrected chi connectivity index (χ1v) is 10.5. The van der Waals surface area contributed by atoms with Crippen molar-refractivity contribution in [1.82, 2.24) is 15.1 Å². The van der Waals surface area contributed by atoms with Crippen LogP contribution in [0.25, 0.3) is 0 Å². The zero-order valence-electron chi connectivity index (χ0n) is 18.4. The number of furan rings is 1. The molecule has 1 aliphatic rings. The molecule has 0 bridgehead atoms. The van der Waals surface area contributed by atoms with Crippen molar-refractivity contribution in [1.29, 1.82) is 0 Å². The molecule has 0 aromatic carbocycles. The van der Waals surface area contributed by atoms with Crippen LogP contribution in [0.1, 0.15) is 33.0 Å². The van der Waals surface area contributed by atoms with E-state index < -0.39 is 0 Å². The quantitative estimate of drug-likeness (QED) is 0.209. The average Bonchev–Trinajstić information content (AvgIpc) is 3.19. The van der Waals surface area contributed by atoms with E-state index in [1.54, 1.807) is 13.4 Å². The van der Waals surface area contributed by atoms with Crippen molar-refractivity contribution in [2.24, 2.45) is 4.99 Å². The van der Waals surface area contributed by atoms with Crippen LogP contribution in [0.4, 0.5) is 0 Å². The molecule has 1 N–H and O–H groups in total. The first-order valence-electron chi connectivity index (χ1n) is 10.5. The standard InChI is InChI=1S/C21H38N4O3.HI/c1-5-27-13-7-10-22-21(23-11-9-20-8-6-14-28-20)24-16-18(2)25(12-15-26-4)19(3)17-24;/h6,8,14,18-19H,5,7,9-13,15-17H2,1-4H3,(H,22,23);1H. The smallest absolute Gasteiger partial charge is 0.194 e. The highest BCUT2D eigenvalue weighted by molar-refractivity contribution is 14.0. The van der Waals surface area contributed by atoms with Crippen LogP contribution in [0.2, 0.25) is 0 Å². The zero-order chi connectivity index (χ0) is 20.2. The number of guanidine groups is 1. The van der Waals surface area contributed by atoms with Crippen LogP contribution in [-0.4, -0.2) is 87.5 Å². The van der Waals surface area contributed by atoms with Gasteiger partial charge in [0.05, 0.1) is 12.9 Å². The van der Waals surface area contributed by atoms with E-state index >= 15 is 0 Å². The van der Waals surface area contributed by atoms with Crippen LogP contribution in [0.5, 0.6) is 0 Å². The largest absolute Gasteiger partial charge is 0.469 e. The molecule has 1 aliphatic heterocycles. The van der Waals surface area contributed by atoms with E-state index in [1.807, 2.05) is 19.1 Å². The number of hydrogen-bond acceptors (Lipinski definition) is 5. The predicted molar refractivity (Wildman–Crippen MR) is 128 cm³/mol. The van der Waals surface area contributed by atoms with Crippen molar-refractivity contribution < 1.29 is 13.9 Å². The molecular weight excluding hydrogens is 483 g/mol. The predicted octanol–water partition coefficient (Wildman–Crippen LogP) is 2.85. The third kappa shape index (κ3) is 9.23. The minimum Gasteiger partial charge on any atom is -0.469 e. The molecule has 2 heterocycles. The average molecular weight is 522 g/mol. The van der Waals surface area contributed by atoms with Gasteiger partial charge in [0.15, 0.2) is 5.96 Å². The van der Waals surface area contributed by atoms with Crippen molar-refractivity contribution in [3.05, 3.63) is 24.2 Å². The van der Waals surface area contributed by atoms with Gasteiger partial charge in [0, 0.05) is 71.6 Å². The Kier molecular flexibility index (Phi) is 13.6. The Bertz CT molecular complexity index is 544. The Morgan fingerprint density at radius 3 is 2.66 bits per heavy atom. The summed E-state index contributed by atoms with van der Waals surface area (Å²) in [5.41, 5.74) is 0. The topological polar surface area (TPSA) is 62.5 Å². The van der Waals surface area contributed by atoms with E-state index in [0.29, 0.717) is 12.1 Å². The second-order valence-electron chi connectivity index (χ2n) is 7.35. The maximum absolute atomic E-state index is 5.44. The molecule has 0 amide bonds. The van der Waals surface area contributed by atoms with Gasteiger partial charge in [0.1, 0.15) is 5.76 Å². The minimum absolute atomic E-state index is 0. The van der Waals surface area contributed by atoms with Gasteiger partial charge in [-0.05, 0) is 39.3 Å². The summed E-state index contributed by atoms with van der Waals surface area (Å²) in [6.45, 7) is 13.4. The van der Waals surface area contributed by atoms with Gasteiger partial charge in [-0.1, -0.05) is 0 Å². The molecule has 29 heavy (non-hydrogen) atoms. The summed E-state index contributed by atoms with van der Waals surface area (Å²) in [4.78, 5) is 9.79. The maximum Gasteiger partial charge on any atom is 0.194 e. The molecule has 168 valence electrons. The van der Waals surface area contributed by atoms with Crippen molar-refractivity contribution in [2.75, 3.05) is 59.7 Å². The van der Waals surface area contributed by atoms with Gasteiger partial charge < -0.3 is 24.1 Å². The third-order valence-electron chi connectivity index (χ3n) is 5.10. The van der Waals surface area contributed by atoms with Gasteiger partial charge in [-0.3, -0.25) is 9.89 Å². The second kappa shape index (κ2) is 15.0. The molecule has 0 spiro atoms. The SMILES string of the molecule is CCOCCCN=C(NCCc1ccco1)N1CC(C)N(CCOC)C(C)C1.I. The van der Waals surface area contributed by atoms with E-state index in [-0.39, 0.29) is 24.0 Å². The summed E-state index contributed by atoms with van der Waals surface area (Å²) in [5.74, 6) is 1.99. The molecule has 8 heteroatoms. The first-order chi connectivity index (χ1) is 13.7. The molecule has 0 radical (unpaired) electrons. The van der Waals surface area contributed by atoms with Crippen LogP contribution in [0, 0.1) is 0 Å². The highest BCUT2D eigenvalue weighted by atomic mass is 127. The molecule has 1 fully saturated rings. The maximum atomic E-state index is 5.44. The fourth-order valence-electron chi connectivity index (χ4n) is 3.68. The van der Waals surface area contributed by atoms with Crippen LogP contribution in [0.15, 0.2) is 27.8 Å². The Morgan fingerprint density at radius 2 is 2.03 bits per heavy atom. The molecule has 1 aromatic heterocycles. The molecule has 1 aromatic rings. The monoisotopic (exact) mass is 522 g/mol. The van der Waals surface area contributed by atoms with Crippen LogP contribution < -0.4 is 5.32 Å². The molecule has 2 rings (SSSR count). The van der Waals surface area contributed by atoms with Crippen molar-refractivity contribution in [3.8, 4) is 0 Å². The summed E-state index contributed by atoms with van der Waals surface area (Å²) >= 11 is 0. The summed E-state index contributed by atoms with van der Waals surface area (Å²) in [6, 6.07) is 4.86. The Hall–Kier alpha value is -0.840. The third-order valence-corrected chi connectivity index (χ3v) is 5.10. The van der Waals surface area contributed by atoms with E-state index in [9.17, 15) is 0 Å². The van der Waals surface area contributed by atoms with Gasteiger partial charge in [-0.15, -0.1) is 24.0 Å². The number of rotatable bonds is 11. The lowest BCUT2D eigenvalue weighted by Gasteiger charge is -2.45. The molecule has 1 saturated heterocycles. The molecule has 0 aliphatic carbocycles. The molecule has 2 unspecified atom stereocenters. The molecule has 7 nitrogen and oxygen atoms in total. The molecule has 2 atom stereocenters. The van der Waals surface area contributed by atoms with E-state index in [4.69, 9.17) is 18.9 Å². The fourth-order valence-corrected chi connectivity index (χ4v) is 3.68. The Morgan fingerprint density at radius 1 is 1.28 bits per heavy atom. The van der Waals surface area contributed by atoms with Crippen LogP contribution in [0.3, 0.4) is 0 Å². The van der Waals surface area contributed by atoms with E-state index in [0.717, 1.165) is 77.1 Å². The minimum atomic E-state index is 0. The number of halogens is 1. The summed E-state index contributed by atoms with van der Waals surface area (Å²) < 4.78 is 16.2. The molecular formula is C21H39IN4O3. The van der Waals surface area contributed by atoms with Gasteiger partial charge in [0.25, 0.3) is 0 Å². The Balaban J connectivity index is 0.00000420. The number of nitrogens with zero attached hydrogens (tertiary/aromatic N) is 3. The van der Waals surface area contributed by atoms with Gasteiger partial charge >= 0.3 is 0 Å². The fraction of sp³-hybridized carbons (Fsp3) is 0.762. The van der Waals surface area contributed by atoms with Crippen molar-refractivity contribution in [3.63, 3.8) is 0 Å². The lowest BCUT2D eigenvalue weighted by Crippen LogP contribution is -2.60. The number of ether oxygens (including phenoxy) is 2. The molecule has 0 saturated carbocycles. The van der Waals surface area contributed by atoms with Crippen molar-refractivity contribution >= 4 is 29.9 Å². The summed E-state index contributed by atoms with van der Waals surface area (Å²) in [5, 5.41) is 3.55. The highest BCUT2D eigenvalue weighted by Crippen LogP contribution is 2.15. The van der Waals surface area contributed by atoms with Crippen molar-refractivity contribution in [2.45, 2.75) is 45.7 Å². The lowest BCUT2D eigenvalue weighted by molar-refractivity contribution is 0.0443. The normalized spacial score (nSPS) is 20.6. The number of methoxy groups -OCH3 is 1.